The van der Waals surface area contributed by atoms with Gasteiger partial charge in [0, 0.05) is 11.5 Å². The smallest absolute Gasteiger partial charge is 0.330 e. The van der Waals surface area contributed by atoms with Crippen LogP contribution in [0.4, 0.5) is 0 Å². The Labute approximate surface area is 171 Å². The Bertz CT molecular complexity index is 1170. The van der Waals surface area contributed by atoms with Gasteiger partial charge in [0.25, 0.3) is 11.5 Å². The molecule has 0 spiro atoms. The molecule has 1 aromatic heterocycles. The van der Waals surface area contributed by atoms with Gasteiger partial charge in [0.15, 0.2) is 6.04 Å². The van der Waals surface area contributed by atoms with E-state index >= 15 is 0 Å². The molecule has 0 saturated heterocycles. The summed E-state index contributed by atoms with van der Waals surface area (Å²) in [4.78, 5) is 39.4. The van der Waals surface area contributed by atoms with E-state index in [1.54, 1.807) is 48.5 Å². The molecule has 1 heterocycles. The fourth-order valence-corrected chi connectivity index (χ4v) is 3.20. The number of carbonyl (C=O) groups is 2. The predicted molar refractivity (Wildman–Crippen MR) is 109 cm³/mol. The first kappa shape index (κ1) is 19.5. The quantitative estimate of drug-likeness (QED) is 0.476. The van der Waals surface area contributed by atoms with Gasteiger partial charge in [-0.05, 0) is 36.5 Å². The zero-order valence-corrected chi connectivity index (χ0v) is 15.9. The van der Waals surface area contributed by atoms with Crippen LogP contribution in [0.25, 0.3) is 10.9 Å². The number of hydrogen-bond donors (Lipinski definition) is 4. The van der Waals surface area contributed by atoms with Crippen molar-refractivity contribution in [1.82, 2.24) is 10.3 Å². The van der Waals surface area contributed by atoms with Gasteiger partial charge in [0.2, 0.25) is 0 Å². The predicted octanol–water partition coefficient (Wildman–Crippen LogP) is 2.58. The number of carboxylic acids is 1. The van der Waals surface area contributed by atoms with Crippen LogP contribution in [0.5, 0.6) is 11.5 Å². The van der Waals surface area contributed by atoms with Crippen molar-refractivity contribution in [2.75, 3.05) is 6.61 Å². The largest absolute Gasteiger partial charge is 0.506 e. The first-order chi connectivity index (χ1) is 14.4. The van der Waals surface area contributed by atoms with E-state index in [0.717, 1.165) is 12.8 Å². The second kappa shape index (κ2) is 7.90. The molecule has 4 rings (SSSR count). The number of benzene rings is 2. The number of aromatic hydroxyl groups is 1. The number of amides is 1. The third kappa shape index (κ3) is 3.98. The van der Waals surface area contributed by atoms with Crippen LogP contribution in [0.2, 0.25) is 0 Å². The van der Waals surface area contributed by atoms with Crippen molar-refractivity contribution in [3.63, 3.8) is 0 Å². The van der Waals surface area contributed by atoms with E-state index in [-0.39, 0.29) is 5.39 Å². The van der Waals surface area contributed by atoms with Crippen molar-refractivity contribution in [3.8, 4) is 11.5 Å². The first-order valence-corrected chi connectivity index (χ1v) is 9.54. The Morgan fingerprint density at radius 3 is 2.57 bits per heavy atom. The van der Waals surface area contributed by atoms with Crippen molar-refractivity contribution in [1.29, 1.82) is 0 Å². The van der Waals surface area contributed by atoms with Gasteiger partial charge in [0.05, 0.1) is 12.1 Å². The average molecular weight is 408 g/mol. The van der Waals surface area contributed by atoms with E-state index in [4.69, 9.17) is 4.74 Å². The van der Waals surface area contributed by atoms with Gasteiger partial charge in [-0.2, -0.15) is 0 Å². The number of ether oxygens (including phenoxy) is 1. The van der Waals surface area contributed by atoms with Crippen LogP contribution in [-0.2, 0) is 4.79 Å². The number of aromatic amines is 1. The molecule has 0 bridgehead atoms. The minimum atomic E-state index is -1.37. The molecule has 8 heteroatoms. The summed E-state index contributed by atoms with van der Waals surface area (Å²) in [6, 6.07) is 11.5. The molecule has 1 atom stereocenters. The van der Waals surface area contributed by atoms with Gasteiger partial charge in [0.1, 0.15) is 17.1 Å². The Hall–Kier alpha value is -3.81. The number of aromatic nitrogens is 1. The lowest BCUT2D eigenvalue weighted by atomic mass is 10.1. The number of H-pyrrole nitrogens is 1. The number of rotatable bonds is 7. The van der Waals surface area contributed by atoms with Crippen LogP contribution in [0, 0.1) is 5.92 Å². The minimum absolute atomic E-state index is 0.255. The second-order valence-corrected chi connectivity index (χ2v) is 7.29. The monoisotopic (exact) mass is 408 g/mol. The van der Waals surface area contributed by atoms with E-state index < -0.39 is 34.8 Å². The van der Waals surface area contributed by atoms with E-state index in [9.17, 15) is 24.6 Å². The third-order valence-corrected chi connectivity index (χ3v) is 5.02. The highest BCUT2D eigenvalue weighted by atomic mass is 16.5. The standard InChI is InChI=1S/C22H20N2O6/c25-19-15-9-8-14(30-11-12-6-7-12)10-16(15)23-20(26)17(19)21(27)24-18(22(28)29)13-4-2-1-3-5-13/h1-5,8-10,12,18H,6-7,11H2,(H,24,27)(H,28,29)(H2,23,25,26)/t18-/m0/s1. The summed E-state index contributed by atoms with van der Waals surface area (Å²) in [5.41, 5.74) is -0.710. The van der Waals surface area contributed by atoms with E-state index in [0.29, 0.717) is 29.4 Å². The molecule has 1 aliphatic rings. The molecule has 3 aromatic rings. The molecule has 4 N–H and O–H groups in total. The molecular formula is C22H20N2O6. The Kier molecular flexibility index (Phi) is 5.14. The first-order valence-electron chi connectivity index (χ1n) is 9.54. The lowest BCUT2D eigenvalue weighted by molar-refractivity contribution is -0.139. The number of fused-ring (bicyclic) bond motifs is 1. The van der Waals surface area contributed by atoms with Gasteiger partial charge in [-0.25, -0.2) is 4.79 Å². The van der Waals surface area contributed by atoms with Crippen LogP contribution in [0.3, 0.4) is 0 Å². The number of hydrogen-bond acceptors (Lipinski definition) is 5. The molecule has 8 nitrogen and oxygen atoms in total. The van der Waals surface area contributed by atoms with Gasteiger partial charge < -0.3 is 25.3 Å². The summed E-state index contributed by atoms with van der Waals surface area (Å²) in [7, 11) is 0. The zero-order chi connectivity index (χ0) is 21.3. The van der Waals surface area contributed by atoms with Crippen molar-refractivity contribution in [3.05, 3.63) is 70.0 Å². The second-order valence-electron chi connectivity index (χ2n) is 7.29. The van der Waals surface area contributed by atoms with Gasteiger partial charge in [-0.1, -0.05) is 30.3 Å². The highest BCUT2D eigenvalue weighted by molar-refractivity contribution is 6.03. The SMILES string of the molecule is O=C(N[C@H](C(=O)O)c1ccccc1)c1c(O)c2ccc(OCC3CC3)cc2[nH]c1=O. The van der Waals surface area contributed by atoms with Crippen LogP contribution >= 0.6 is 0 Å². The molecule has 0 aliphatic heterocycles. The van der Waals surface area contributed by atoms with Gasteiger partial charge >= 0.3 is 5.97 Å². The van der Waals surface area contributed by atoms with Crippen molar-refractivity contribution < 1.29 is 24.5 Å². The number of carbonyl (C=O) groups excluding carboxylic acids is 1. The molecule has 30 heavy (non-hydrogen) atoms. The summed E-state index contributed by atoms with van der Waals surface area (Å²) >= 11 is 0. The fraction of sp³-hybridized carbons (Fsp3) is 0.227. The fourth-order valence-electron chi connectivity index (χ4n) is 3.20. The normalized spacial score (nSPS) is 14.3. The number of pyridine rings is 1. The zero-order valence-electron chi connectivity index (χ0n) is 15.9. The van der Waals surface area contributed by atoms with E-state index in [1.807, 2.05) is 0 Å². The van der Waals surface area contributed by atoms with E-state index in [1.165, 1.54) is 0 Å². The van der Waals surface area contributed by atoms with Crippen LogP contribution in [-0.4, -0.2) is 33.7 Å². The Morgan fingerprint density at radius 1 is 1.17 bits per heavy atom. The Balaban J connectivity index is 1.64. The van der Waals surface area contributed by atoms with Crippen LogP contribution in [0.15, 0.2) is 53.3 Å². The summed E-state index contributed by atoms with van der Waals surface area (Å²) in [5.74, 6) is -1.68. The summed E-state index contributed by atoms with van der Waals surface area (Å²) in [6.07, 6.45) is 2.29. The van der Waals surface area contributed by atoms with Crippen molar-refractivity contribution in [2.24, 2.45) is 5.92 Å². The van der Waals surface area contributed by atoms with Crippen LogP contribution < -0.4 is 15.6 Å². The number of aliphatic carboxylic acids is 1. The highest BCUT2D eigenvalue weighted by Gasteiger charge is 2.27. The third-order valence-electron chi connectivity index (χ3n) is 5.02. The average Bonchev–Trinajstić information content (AvgIpc) is 3.55. The molecule has 1 amide bonds. The van der Waals surface area contributed by atoms with Gasteiger partial charge in [-0.3, -0.25) is 9.59 Å². The molecule has 1 fully saturated rings. The molecule has 1 saturated carbocycles. The molecule has 0 radical (unpaired) electrons. The van der Waals surface area contributed by atoms with Crippen molar-refractivity contribution in [2.45, 2.75) is 18.9 Å². The number of nitrogens with one attached hydrogen (secondary N) is 2. The molecule has 2 aromatic carbocycles. The highest BCUT2D eigenvalue weighted by Crippen LogP contribution is 2.31. The summed E-state index contributed by atoms with van der Waals surface area (Å²) < 4.78 is 5.68. The van der Waals surface area contributed by atoms with E-state index in [2.05, 4.69) is 10.3 Å². The molecular weight excluding hydrogens is 388 g/mol. The van der Waals surface area contributed by atoms with Crippen LogP contribution in [0.1, 0.15) is 34.8 Å². The maximum Gasteiger partial charge on any atom is 0.330 e. The lowest BCUT2D eigenvalue weighted by Crippen LogP contribution is -2.36. The molecule has 0 unspecified atom stereocenters. The Morgan fingerprint density at radius 2 is 1.90 bits per heavy atom. The summed E-state index contributed by atoms with van der Waals surface area (Å²) in [5, 5.41) is 22.6. The van der Waals surface area contributed by atoms with Gasteiger partial charge in [-0.15, -0.1) is 0 Å². The number of carboxylic acid groups (broad SMARTS) is 1. The maximum atomic E-state index is 12.7. The van der Waals surface area contributed by atoms with Crippen molar-refractivity contribution >= 4 is 22.8 Å². The molecule has 154 valence electrons. The maximum absolute atomic E-state index is 12.7. The minimum Gasteiger partial charge on any atom is -0.506 e. The molecule has 1 aliphatic carbocycles. The summed E-state index contributed by atoms with van der Waals surface area (Å²) in [6.45, 7) is 0.596. The lowest BCUT2D eigenvalue weighted by Gasteiger charge is -2.15. The topological polar surface area (TPSA) is 129 Å².